The zero-order chi connectivity index (χ0) is 11.0. The van der Waals surface area contributed by atoms with Gasteiger partial charge in [0.1, 0.15) is 0 Å². The Balaban J connectivity index is 2.77. The molecule has 0 saturated carbocycles. The van der Waals surface area contributed by atoms with Crippen LogP contribution in [0.25, 0.3) is 10.9 Å². The number of Topliss-reactive ketones (excluding diaryl/α,β-unsaturated/α-hetero) is 1. The SMILES string of the molecule is CC(=O)c1cc2cc(C)ccc2nc1C. The van der Waals surface area contributed by atoms with Gasteiger partial charge in [-0.1, -0.05) is 11.6 Å². The first-order valence-electron chi connectivity index (χ1n) is 4.97. The van der Waals surface area contributed by atoms with Crippen LogP contribution in [0.1, 0.15) is 28.5 Å². The lowest BCUT2D eigenvalue weighted by atomic mass is 10.1. The zero-order valence-corrected chi connectivity index (χ0v) is 9.16. The van der Waals surface area contributed by atoms with Crippen molar-refractivity contribution in [3.63, 3.8) is 0 Å². The smallest absolute Gasteiger partial charge is 0.161 e. The number of hydrogen-bond donors (Lipinski definition) is 0. The van der Waals surface area contributed by atoms with Gasteiger partial charge in [-0.25, -0.2) is 0 Å². The number of pyridine rings is 1. The van der Waals surface area contributed by atoms with Crippen molar-refractivity contribution in [1.29, 1.82) is 0 Å². The largest absolute Gasteiger partial charge is 0.294 e. The van der Waals surface area contributed by atoms with E-state index in [0.717, 1.165) is 16.6 Å². The first-order valence-corrected chi connectivity index (χ1v) is 4.97. The predicted molar refractivity (Wildman–Crippen MR) is 61.2 cm³/mol. The lowest BCUT2D eigenvalue weighted by Gasteiger charge is -2.04. The summed E-state index contributed by atoms with van der Waals surface area (Å²) < 4.78 is 0. The molecule has 0 unspecified atom stereocenters. The van der Waals surface area contributed by atoms with E-state index in [4.69, 9.17) is 0 Å². The summed E-state index contributed by atoms with van der Waals surface area (Å²) in [4.78, 5) is 15.8. The molecular formula is C13H13NO. The molecule has 0 fully saturated rings. The van der Waals surface area contributed by atoms with Crippen LogP contribution in [0, 0.1) is 13.8 Å². The molecule has 0 bridgehead atoms. The van der Waals surface area contributed by atoms with E-state index in [-0.39, 0.29) is 5.78 Å². The van der Waals surface area contributed by atoms with E-state index in [0.29, 0.717) is 5.56 Å². The van der Waals surface area contributed by atoms with Crippen molar-refractivity contribution < 1.29 is 4.79 Å². The van der Waals surface area contributed by atoms with Gasteiger partial charge in [0.15, 0.2) is 5.78 Å². The quantitative estimate of drug-likeness (QED) is 0.661. The predicted octanol–water partition coefficient (Wildman–Crippen LogP) is 3.05. The van der Waals surface area contributed by atoms with Crippen LogP contribution in [-0.4, -0.2) is 10.8 Å². The first kappa shape index (κ1) is 9.84. The summed E-state index contributed by atoms with van der Waals surface area (Å²) in [5.74, 6) is 0.0726. The van der Waals surface area contributed by atoms with Crippen molar-refractivity contribution in [2.24, 2.45) is 0 Å². The van der Waals surface area contributed by atoms with Crippen molar-refractivity contribution in [3.8, 4) is 0 Å². The molecule has 0 N–H and O–H groups in total. The van der Waals surface area contributed by atoms with Gasteiger partial charge < -0.3 is 0 Å². The third-order valence-corrected chi connectivity index (χ3v) is 2.54. The van der Waals surface area contributed by atoms with Gasteiger partial charge in [0.05, 0.1) is 5.52 Å². The van der Waals surface area contributed by atoms with Crippen molar-refractivity contribution in [2.75, 3.05) is 0 Å². The summed E-state index contributed by atoms with van der Waals surface area (Å²) in [6.45, 7) is 5.48. The van der Waals surface area contributed by atoms with Gasteiger partial charge in [-0.05, 0) is 39.0 Å². The minimum Gasteiger partial charge on any atom is -0.294 e. The Hall–Kier alpha value is -1.70. The molecule has 0 aliphatic heterocycles. The third kappa shape index (κ3) is 1.75. The van der Waals surface area contributed by atoms with Crippen molar-refractivity contribution in [3.05, 3.63) is 41.1 Å². The maximum atomic E-state index is 11.4. The van der Waals surface area contributed by atoms with Crippen LogP contribution in [0.4, 0.5) is 0 Å². The lowest BCUT2D eigenvalue weighted by molar-refractivity contribution is 0.101. The molecule has 0 amide bonds. The van der Waals surface area contributed by atoms with Crippen LogP contribution < -0.4 is 0 Å². The molecule has 76 valence electrons. The van der Waals surface area contributed by atoms with Crippen LogP contribution in [0.5, 0.6) is 0 Å². The number of aromatic nitrogens is 1. The average molecular weight is 199 g/mol. The third-order valence-electron chi connectivity index (χ3n) is 2.54. The summed E-state index contributed by atoms with van der Waals surface area (Å²) in [7, 11) is 0. The highest BCUT2D eigenvalue weighted by molar-refractivity contribution is 5.98. The monoisotopic (exact) mass is 199 g/mol. The van der Waals surface area contributed by atoms with E-state index in [1.807, 2.05) is 38.1 Å². The highest BCUT2D eigenvalue weighted by atomic mass is 16.1. The average Bonchev–Trinajstić information content (AvgIpc) is 2.17. The number of rotatable bonds is 1. The topological polar surface area (TPSA) is 30.0 Å². The van der Waals surface area contributed by atoms with Crippen LogP contribution in [0.3, 0.4) is 0 Å². The maximum Gasteiger partial charge on any atom is 0.161 e. The van der Waals surface area contributed by atoms with E-state index in [2.05, 4.69) is 4.98 Å². The van der Waals surface area contributed by atoms with Crippen molar-refractivity contribution >= 4 is 16.7 Å². The molecule has 0 aliphatic rings. The number of carbonyl (C=O) groups is 1. The second-order valence-electron chi connectivity index (χ2n) is 3.87. The number of ketones is 1. The molecule has 0 aliphatic carbocycles. The van der Waals surface area contributed by atoms with Gasteiger partial charge >= 0.3 is 0 Å². The summed E-state index contributed by atoms with van der Waals surface area (Å²) in [6.07, 6.45) is 0. The van der Waals surface area contributed by atoms with Gasteiger partial charge in [-0.15, -0.1) is 0 Å². The van der Waals surface area contributed by atoms with E-state index in [1.54, 1.807) is 6.92 Å². The van der Waals surface area contributed by atoms with Gasteiger partial charge in [0.25, 0.3) is 0 Å². The Morgan fingerprint density at radius 1 is 1.20 bits per heavy atom. The highest BCUT2D eigenvalue weighted by Crippen LogP contribution is 2.18. The molecule has 0 radical (unpaired) electrons. The number of benzene rings is 1. The van der Waals surface area contributed by atoms with Crippen LogP contribution >= 0.6 is 0 Å². The fourth-order valence-electron chi connectivity index (χ4n) is 1.75. The summed E-state index contributed by atoms with van der Waals surface area (Å²) in [6, 6.07) is 7.99. The fraction of sp³-hybridized carbons (Fsp3) is 0.231. The molecule has 0 atom stereocenters. The molecule has 15 heavy (non-hydrogen) atoms. The zero-order valence-electron chi connectivity index (χ0n) is 9.16. The number of fused-ring (bicyclic) bond motifs is 1. The molecule has 0 saturated heterocycles. The molecule has 2 rings (SSSR count). The van der Waals surface area contributed by atoms with Crippen molar-refractivity contribution in [2.45, 2.75) is 20.8 Å². The van der Waals surface area contributed by atoms with E-state index in [1.165, 1.54) is 5.56 Å². The molecule has 1 aromatic carbocycles. The van der Waals surface area contributed by atoms with E-state index < -0.39 is 0 Å². The summed E-state index contributed by atoms with van der Waals surface area (Å²) in [5.41, 5.74) is 3.65. The van der Waals surface area contributed by atoms with Crippen molar-refractivity contribution in [1.82, 2.24) is 4.98 Å². The van der Waals surface area contributed by atoms with Gasteiger partial charge in [-0.3, -0.25) is 9.78 Å². The number of aryl methyl sites for hydroxylation is 2. The molecule has 1 aromatic heterocycles. The van der Waals surface area contributed by atoms with Crippen LogP contribution in [0.15, 0.2) is 24.3 Å². The summed E-state index contributed by atoms with van der Waals surface area (Å²) in [5, 5.41) is 1.03. The van der Waals surface area contributed by atoms with Gasteiger partial charge in [0, 0.05) is 16.6 Å². The standard InChI is InChI=1S/C13H13NO/c1-8-4-5-13-11(6-8)7-12(10(3)15)9(2)14-13/h4-7H,1-3H3. The number of carbonyl (C=O) groups excluding carboxylic acids is 1. The van der Waals surface area contributed by atoms with Crippen LogP contribution in [-0.2, 0) is 0 Å². The molecule has 2 aromatic rings. The normalized spacial score (nSPS) is 10.6. The Labute approximate surface area is 89.0 Å². The number of nitrogens with zero attached hydrogens (tertiary/aromatic N) is 1. The molecule has 2 nitrogen and oxygen atoms in total. The molecule has 1 heterocycles. The van der Waals surface area contributed by atoms with Gasteiger partial charge in [0.2, 0.25) is 0 Å². The Bertz CT molecular complexity index is 543. The second-order valence-corrected chi connectivity index (χ2v) is 3.87. The molecule has 0 spiro atoms. The van der Waals surface area contributed by atoms with Crippen LogP contribution in [0.2, 0.25) is 0 Å². The lowest BCUT2D eigenvalue weighted by Crippen LogP contribution is -1.99. The molecular weight excluding hydrogens is 186 g/mol. The fourth-order valence-corrected chi connectivity index (χ4v) is 1.75. The second kappa shape index (κ2) is 3.46. The Morgan fingerprint density at radius 2 is 1.93 bits per heavy atom. The maximum absolute atomic E-state index is 11.4. The first-order chi connectivity index (χ1) is 7.08. The minimum absolute atomic E-state index is 0.0726. The van der Waals surface area contributed by atoms with Gasteiger partial charge in [-0.2, -0.15) is 0 Å². The Kier molecular flexibility index (Phi) is 2.27. The Morgan fingerprint density at radius 3 is 2.60 bits per heavy atom. The van der Waals surface area contributed by atoms with E-state index >= 15 is 0 Å². The molecule has 2 heteroatoms. The van der Waals surface area contributed by atoms with E-state index in [9.17, 15) is 4.79 Å². The highest BCUT2D eigenvalue weighted by Gasteiger charge is 2.06. The summed E-state index contributed by atoms with van der Waals surface area (Å²) >= 11 is 0. The minimum atomic E-state index is 0.0726. The number of hydrogen-bond acceptors (Lipinski definition) is 2.